The molecule has 0 spiro atoms. The summed E-state index contributed by atoms with van der Waals surface area (Å²) in [6.07, 6.45) is 4.46. The summed E-state index contributed by atoms with van der Waals surface area (Å²) in [6, 6.07) is 27.8. The van der Waals surface area contributed by atoms with E-state index in [9.17, 15) is 4.79 Å². The molecule has 0 unspecified atom stereocenters. The van der Waals surface area contributed by atoms with Crippen LogP contribution in [-0.2, 0) is 25.3 Å². The van der Waals surface area contributed by atoms with Crippen molar-refractivity contribution in [3.63, 3.8) is 0 Å². The number of hydrogen-bond donors (Lipinski definition) is 0. The maximum absolute atomic E-state index is 15.3. The molecule has 5 aromatic rings. The molecule has 1 aromatic heterocycles. The third kappa shape index (κ3) is 7.61. The molecule has 3 heterocycles. The number of benzene rings is 4. The molecule has 53 heavy (non-hydrogen) atoms. The summed E-state index contributed by atoms with van der Waals surface area (Å²) in [5, 5.41) is 2.14. The van der Waals surface area contributed by atoms with Gasteiger partial charge >= 0.3 is 5.97 Å². The van der Waals surface area contributed by atoms with Crippen molar-refractivity contribution in [3.8, 4) is 11.5 Å². The van der Waals surface area contributed by atoms with Gasteiger partial charge in [-0.3, -0.25) is 9.59 Å². The summed E-state index contributed by atoms with van der Waals surface area (Å²) in [5.74, 6) is 1.14. The molecule has 0 radical (unpaired) electrons. The predicted molar refractivity (Wildman–Crippen MR) is 208 cm³/mol. The number of cyclic esters (lactones) is 1. The first-order chi connectivity index (χ1) is 25.3. The van der Waals surface area contributed by atoms with Crippen LogP contribution in [0.5, 0.6) is 11.5 Å². The van der Waals surface area contributed by atoms with Crippen molar-refractivity contribution in [1.82, 2.24) is 9.88 Å². The molecule has 2 aliphatic rings. The summed E-state index contributed by atoms with van der Waals surface area (Å²) >= 11 is 0. The van der Waals surface area contributed by atoms with Gasteiger partial charge in [-0.1, -0.05) is 81.4 Å². The number of carbonyl (C=O) groups is 2. The van der Waals surface area contributed by atoms with Crippen LogP contribution in [-0.4, -0.2) is 56.1 Å². The third-order valence-corrected chi connectivity index (χ3v) is 15.7. The number of amides is 1. The number of oxazole rings is 1. The van der Waals surface area contributed by atoms with Crippen LogP contribution < -0.4 is 9.47 Å². The van der Waals surface area contributed by atoms with E-state index in [1.165, 1.54) is 0 Å². The number of carbonyl (C=O) groups excluding carboxylic acids is 2. The quantitative estimate of drug-likeness (QED) is 0.0925. The van der Waals surface area contributed by atoms with Crippen LogP contribution >= 0.6 is 0 Å². The second-order valence-corrected chi connectivity index (χ2v) is 20.7. The van der Waals surface area contributed by atoms with Crippen LogP contribution in [0.15, 0.2) is 95.4 Å². The maximum atomic E-state index is 15.3. The average molecular weight is 733 g/mol. The lowest BCUT2D eigenvalue weighted by atomic mass is 9.83. The second kappa shape index (κ2) is 14.5. The average Bonchev–Trinajstić information content (AvgIpc) is 3.88. The van der Waals surface area contributed by atoms with Gasteiger partial charge in [-0.2, -0.15) is 0 Å². The first-order valence-electron chi connectivity index (χ1n) is 18.3. The highest BCUT2D eigenvalue weighted by molar-refractivity contribution is 6.74. The Kier molecular flexibility index (Phi) is 9.95. The van der Waals surface area contributed by atoms with Gasteiger partial charge in [-0.15, -0.1) is 0 Å². The molecule has 10 heteroatoms. The van der Waals surface area contributed by atoms with E-state index in [-0.39, 0.29) is 55.3 Å². The number of nitrogens with zero attached hydrogens (tertiary/aromatic N) is 2. The van der Waals surface area contributed by atoms with Crippen molar-refractivity contribution in [2.24, 2.45) is 5.41 Å². The van der Waals surface area contributed by atoms with Gasteiger partial charge in [0.25, 0.3) is 0 Å². The van der Waals surface area contributed by atoms with Crippen LogP contribution in [0.4, 0.5) is 0 Å². The minimum atomic E-state index is -2.29. The van der Waals surface area contributed by atoms with E-state index in [2.05, 4.69) is 76.1 Å². The van der Waals surface area contributed by atoms with Gasteiger partial charge in [0.1, 0.15) is 17.5 Å². The van der Waals surface area contributed by atoms with Gasteiger partial charge in [-0.05, 0) is 89.8 Å². The van der Waals surface area contributed by atoms with E-state index in [0.29, 0.717) is 30.4 Å². The number of esters is 1. The van der Waals surface area contributed by atoms with Crippen LogP contribution in [0, 0.1) is 5.41 Å². The Hall–Kier alpha value is -4.93. The van der Waals surface area contributed by atoms with Crippen molar-refractivity contribution < 1.29 is 32.6 Å². The Balaban J connectivity index is 1.28. The van der Waals surface area contributed by atoms with Crippen LogP contribution in [0.1, 0.15) is 63.5 Å². The minimum Gasteiger partial charge on any atom is -0.464 e. The van der Waals surface area contributed by atoms with E-state index in [4.69, 9.17) is 23.1 Å². The maximum Gasteiger partial charge on any atom is 0.307 e. The summed E-state index contributed by atoms with van der Waals surface area (Å²) < 4.78 is 29.8. The number of allylic oxidation sites excluding steroid dienone is 1. The topological polar surface area (TPSA) is 100 Å². The van der Waals surface area contributed by atoms with Gasteiger partial charge < -0.3 is 28.0 Å². The standard InChI is InChI=1S/C43H48N2O7Si/c1-29(34(33-20-21-37-38(23-33)50-28-49-37)14-11-17-39-44-35-15-9-10-16-36(35)52-39)45(25-30-18-19-31-12-7-8-13-32(31)22-30)41(47)43(24-40(46)48-26-43)27-51-53(5,6)42(2,3)4/h7-13,15-23,29,34H,14,24-28H2,1-6H3/b17-11+/t29-,34+,43+/m1/s1. The van der Waals surface area contributed by atoms with Gasteiger partial charge in [0.2, 0.25) is 18.6 Å². The monoisotopic (exact) mass is 732 g/mol. The smallest absolute Gasteiger partial charge is 0.307 e. The number of rotatable bonds is 12. The fourth-order valence-electron chi connectivity index (χ4n) is 6.91. The van der Waals surface area contributed by atoms with E-state index >= 15 is 4.79 Å². The van der Waals surface area contributed by atoms with Crippen LogP contribution in [0.25, 0.3) is 27.9 Å². The molecule has 7 rings (SSSR count). The first-order valence-corrected chi connectivity index (χ1v) is 21.2. The van der Waals surface area contributed by atoms with Crippen LogP contribution in [0.3, 0.4) is 0 Å². The number of para-hydroxylation sites is 2. The Bertz CT molecular complexity index is 2140. The Morgan fingerprint density at radius 2 is 1.72 bits per heavy atom. The molecule has 0 bridgehead atoms. The number of fused-ring (bicyclic) bond motifs is 3. The van der Waals surface area contributed by atoms with Crippen molar-refractivity contribution in [2.45, 2.75) is 77.2 Å². The largest absolute Gasteiger partial charge is 0.464 e. The lowest BCUT2D eigenvalue weighted by Gasteiger charge is -2.42. The van der Waals surface area contributed by atoms with E-state index in [0.717, 1.165) is 33.0 Å². The van der Waals surface area contributed by atoms with Gasteiger partial charge in [-0.25, -0.2) is 4.98 Å². The highest BCUT2D eigenvalue weighted by atomic mass is 28.4. The number of ether oxygens (including phenoxy) is 3. The SMILES string of the molecule is C[C@H]([C@H](C/C=C/c1nc2ccccc2o1)c1ccc2c(c1)OCO2)N(Cc1ccc2ccccc2c1)C(=O)[C@]1(CO[Si](C)(C)C(C)(C)C)COC(=O)C1. The van der Waals surface area contributed by atoms with Crippen LogP contribution in [0.2, 0.25) is 18.1 Å². The van der Waals surface area contributed by atoms with E-state index in [1.807, 2.05) is 71.6 Å². The fourth-order valence-corrected chi connectivity index (χ4v) is 7.98. The molecule has 9 nitrogen and oxygen atoms in total. The molecule has 3 atom stereocenters. The van der Waals surface area contributed by atoms with Gasteiger partial charge in [0, 0.05) is 18.5 Å². The van der Waals surface area contributed by atoms with E-state index in [1.54, 1.807) is 0 Å². The highest BCUT2D eigenvalue weighted by Gasteiger charge is 2.52. The highest BCUT2D eigenvalue weighted by Crippen LogP contribution is 2.43. The molecule has 0 saturated carbocycles. The van der Waals surface area contributed by atoms with Crippen molar-refractivity contribution in [3.05, 3.63) is 108 Å². The first kappa shape index (κ1) is 36.4. The lowest BCUT2D eigenvalue weighted by molar-refractivity contribution is -0.148. The molecule has 0 N–H and O–H groups in total. The minimum absolute atomic E-state index is 0.0213. The number of aromatic nitrogens is 1. The van der Waals surface area contributed by atoms with Crippen molar-refractivity contribution in [2.75, 3.05) is 20.0 Å². The zero-order valence-corrected chi connectivity index (χ0v) is 32.4. The Morgan fingerprint density at radius 1 is 0.962 bits per heavy atom. The third-order valence-electron chi connectivity index (χ3n) is 11.2. The zero-order valence-electron chi connectivity index (χ0n) is 31.4. The molecule has 276 valence electrons. The molecular weight excluding hydrogens is 685 g/mol. The van der Waals surface area contributed by atoms with Gasteiger partial charge in [0.05, 0.1) is 13.0 Å². The fraction of sp³-hybridized carbons (Fsp3) is 0.372. The lowest BCUT2D eigenvalue weighted by Crippen LogP contribution is -2.53. The van der Waals surface area contributed by atoms with Gasteiger partial charge in [0.15, 0.2) is 25.4 Å². The Morgan fingerprint density at radius 3 is 2.47 bits per heavy atom. The number of hydrogen-bond acceptors (Lipinski definition) is 8. The summed E-state index contributed by atoms with van der Waals surface area (Å²) in [7, 11) is -2.29. The normalized spacial score (nSPS) is 18.5. The second-order valence-electron chi connectivity index (χ2n) is 15.9. The van der Waals surface area contributed by atoms with E-state index < -0.39 is 13.7 Å². The molecule has 1 fully saturated rings. The molecule has 0 aliphatic carbocycles. The van der Waals surface area contributed by atoms with Crippen molar-refractivity contribution >= 4 is 48.1 Å². The summed E-state index contributed by atoms with van der Waals surface area (Å²) in [4.78, 5) is 34.8. The zero-order chi connectivity index (χ0) is 37.4. The molecular formula is C43H48N2O7Si. The molecule has 1 amide bonds. The summed E-state index contributed by atoms with van der Waals surface area (Å²) in [5.41, 5.74) is 2.33. The Labute approximate surface area is 312 Å². The molecule has 1 saturated heterocycles. The molecule has 4 aromatic carbocycles. The molecule has 2 aliphatic heterocycles. The van der Waals surface area contributed by atoms with Crippen molar-refractivity contribution in [1.29, 1.82) is 0 Å². The predicted octanol–water partition coefficient (Wildman–Crippen LogP) is 9.27. The summed E-state index contributed by atoms with van der Waals surface area (Å²) in [6.45, 7) is 13.5.